The highest BCUT2D eigenvalue weighted by Crippen LogP contribution is 2.08. The van der Waals surface area contributed by atoms with E-state index in [0.717, 1.165) is 5.56 Å². The van der Waals surface area contributed by atoms with Crippen molar-refractivity contribution in [1.82, 2.24) is 9.97 Å². The van der Waals surface area contributed by atoms with Crippen molar-refractivity contribution in [3.8, 4) is 6.01 Å². The predicted octanol–water partition coefficient (Wildman–Crippen LogP) is 1.93. The fourth-order valence-corrected chi connectivity index (χ4v) is 0.681. The molecule has 0 aliphatic rings. The zero-order chi connectivity index (χ0) is 8.27. The summed E-state index contributed by atoms with van der Waals surface area (Å²) in [4.78, 5) is 7.63. The molecule has 1 heterocycles. The van der Waals surface area contributed by atoms with Gasteiger partial charge in [-0.2, -0.15) is 0 Å². The highest BCUT2D eigenvalue weighted by Gasteiger charge is 2.01. The molecule has 0 spiro atoms. The normalized spacial score (nSPS) is 10.2. The molecule has 0 unspecified atom stereocenters. The average Bonchev–Trinajstić information content (AvgIpc) is 1.93. The number of ether oxygens (including phenoxy) is 1. The molecule has 0 saturated heterocycles. The Labute approximate surface area is 74.3 Å². The van der Waals surface area contributed by atoms with Crippen LogP contribution in [0.5, 0.6) is 6.01 Å². The summed E-state index contributed by atoms with van der Waals surface area (Å²) >= 11 is 10.6. The van der Waals surface area contributed by atoms with Crippen molar-refractivity contribution < 1.29 is 4.74 Å². The topological polar surface area (TPSA) is 35.0 Å². The van der Waals surface area contributed by atoms with Crippen LogP contribution in [-0.4, -0.2) is 15.0 Å². The molecule has 11 heavy (non-hydrogen) atoms. The van der Waals surface area contributed by atoms with Gasteiger partial charge in [0.15, 0.2) is 0 Å². The molecule has 3 nitrogen and oxygen atoms in total. The number of hydrogen-bond acceptors (Lipinski definition) is 3. The number of halogens is 2. The van der Waals surface area contributed by atoms with Crippen LogP contribution in [0.4, 0.5) is 0 Å². The standard InChI is InChI=1S/C6H6Cl2N2O/c1-4-2-9-6(10-3-4)11-5(7)8/h2-3,5H,1H3. The summed E-state index contributed by atoms with van der Waals surface area (Å²) in [7, 11) is 0. The molecule has 0 aliphatic heterocycles. The third kappa shape index (κ3) is 2.91. The molecule has 0 N–H and O–H groups in total. The lowest BCUT2D eigenvalue weighted by Crippen LogP contribution is -2.02. The van der Waals surface area contributed by atoms with Gasteiger partial charge in [0.25, 0.3) is 5.02 Å². The van der Waals surface area contributed by atoms with Crippen molar-refractivity contribution in [2.45, 2.75) is 11.9 Å². The second-order valence-electron chi connectivity index (χ2n) is 1.92. The number of alkyl halides is 2. The van der Waals surface area contributed by atoms with E-state index in [4.69, 9.17) is 27.9 Å². The molecule has 0 radical (unpaired) electrons. The molecule has 60 valence electrons. The Bertz CT molecular complexity index is 225. The summed E-state index contributed by atoms with van der Waals surface area (Å²) in [6.45, 7) is 1.88. The maximum absolute atomic E-state index is 5.32. The van der Waals surface area contributed by atoms with Gasteiger partial charge in [-0.05, 0) is 12.5 Å². The monoisotopic (exact) mass is 192 g/mol. The second-order valence-corrected chi connectivity index (χ2v) is 2.94. The van der Waals surface area contributed by atoms with E-state index >= 15 is 0 Å². The van der Waals surface area contributed by atoms with Crippen molar-refractivity contribution >= 4 is 23.2 Å². The zero-order valence-corrected chi connectivity index (χ0v) is 7.30. The van der Waals surface area contributed by atoms with E-state index in [1.165, 1.54) is 0 Å². The van der Waals surface area contributed by atoms with E-state index in [9.17, 15) is 0 Å². The van der Waals surface area contributed by atoms with Crippen LogP contribution < -0.4 is 4.74 Å². The second kappa shape index (κ2) is 3.74. The maximum atomic E-state index is 5.32. The first-order valence-electron chi connectivity index (χ1n) is 2.92. The predicted molar refractivity (Wildman–Crippen MR) is 42.9 cm³/mol. The first-order valence-corrected chi connectivity index (χ1v) is 3.79. The van der Waals surface area contributed by atoms with Crippen LogP contribution in [0.2, 0.25) is 0 Å². The number of rotatable bonds is 2. The highest BCUT2D eigenvalue weighted by atomic mass is 35.5. The molecule has 1 rings (SSSR count). The van der Waals surface area contributed by atoms with E-state index in [0.29, 0.717) is 0 Å². The van der Waals surface area contributed by atoms with Gasteiger partial charge in [-0.1, -0.05) is 23.2 Å². The first kappa shape index (κ1) is 8.56. The van der Waals surface area contributed by atoms with Gasteiger partial charge >= 0.3 is 6.01 Å². The van der Waals surface area contributed by atoms with Crippen LogP contribution in [-0.2, 0) is 0 Å². The molecule has 1 aromatic heterocycles. The molecule has 0 aromatic carbocycles. The van der Waals surface area contributed by atoms with Gasteiger partial charge in [-0.15, -0.1) is 0 Å². The maximum Gasteiger partial charge on any atom is 0.318 e. The number of hydrogen-bond donors (Lipinski definition) is 0. The van der Waals surface area contributed by atoms with Gasteiger partial charge in [0, 0.05) is 12.4 Å². The molecule has 0 saturated carbocycles. The van der Waals surface area contributed by atoms with Crippen LogP contribution in [0.25, 0.3) is 0 Å². The third-order valence-electron chi connectivity index (χ3n) is 0.952. The van der Waals surface area contributed by atoms with Crippen LogP contribution in [0.1, 0.15) is 5.56 Å². The zero-order valence-electron chi connectivity index (χ0n) is 5.79. The number of nitrogens with zero attached hydrogens (tertiary/aromatic N) is 2. The highest BCUT2D eigenvalue weighted by molar-refractivity contribution is 6.43. The molecule has 0 aliphatic carbocycles. The summed E-state index contributed by atoms with van der Waals surface area (Å²) in [5, 5.41) is -0.919. The van der Waals surface area contributed by atoms with Crippen LogP contribution >= 0.6 is 23.2 Å². The summed E-state index contributed by atoms with van der Waals surface area (Å²) < 4.78 is 4.78. The molecule has 1 aromatic rings. The molecule has 0 atom stereocenters. The number of aryl methyl sites for hydroxylation is 1. The lowest BCUT2D eigenvalue weighted by Gasteiger charge is -2.02. The van der Waals surface area contributed by atoms with Crippen LogP contribution in [0.15, 0.2) is 12.4 Å². The fraction of sp³-hybridized carbons (Fsp3) is 0.333. The van der Waals surface area contributed by atoms with E-state index in [-0.39, 0.29) is 6.01 Å². The van der Waals surface area contributed by atoms with Crippen molar-refractivity contribution in [3.05, 3.63) is 18.0 Å². The van der Waals surface area contributed by atoms with Crippen molar-refractivity contribution in [2.75, 3.05) is 0 Å². The van der Waals surface area contributed by atoms with E-state index in [1.54, 1.807) is 12.4 Å². The average molecular weight is 193 g/mol. The van der Waals surface area contributed by atoms with E-state index in [1.807, 2.05) is 6.92 Å². The lowest BCUT2D eigenvalue weighted by atomic mass is 10.4. The first-order chi connectivity index (χ1) is 5.18. The summed E-state index contributed by atoms with van der Waals surface area (Å²) in [5.74, 6) is 0. The van der Waals surface area contributed by atoms with Crippen molar-refractivity contribution in [3.63, 3.8) is 0 Å². The third-order valence-corrected chi connectivity index (χ3v) is 1.13. The molecule has 0 bridgehead atoms. The van der Waals surface area contributed by atoms with Gasteiger partial charge in [-0.25, -0.2) is 9.97 Å². The summed E-state index contributed by atoms with van der Waals surface area (Å²) in [5.41, 5.74) is 0.957. The Morgan fingerprint density at radius 3 is 2.36 bits per heavy atom. The fourth-order valence-electron chi connectivity index (χ4n) is 0.521. The molecular formula is C6H6Cl2N2O. The smallest absolute Gasteiger partial charge is 0.318 e. The minimum Gasteiger partial charge on any atom is -0.429 e. The van der Waals surface area contributed by atoms with Crippen molar-refractivity contribution in [2.24, 2.45) is 0 Å². The minimum atomic E-state index is -0.919. The Kier molecular flexibility index (Phi) is 2.91. The van der Waals surface area contributed by atoms with Gasteiger partial charge in [0.2, 0.25) is 0 Å². The Morgan fingerprint density at radius 2 is 1.91 bits per heavy atom. The molecule has 0 amide bonds. The lowest BCUT2D eigenvalue weighted by molar-refractivity contribution is 0.324. The quantitative estimate of drug-likeness (QED) is 0.673. The molecule has 0 fully saturated rings. The van der Waals surface area contributed by atoms with E-state index in [2.05, 4.69) is 9.97 Å². The minimum absolute atomic E-state index is 0.186. The van der Waals surface area contributed by atoms with Gasteiger partial charge in [-0.3, -0.25) is 0 Å². The Morgan fingerprint density at radius 1 is 1.36 bits per heavy atom. The summed E-state index contributed by atoms with van der Waals surface area (Å²) in [6.07, 6.45) is 3.25. The van der Waals surface area contributed by atoms with Crippen LogP contribution in [0, 0.1) is 6.92 Å². The Balaban J connectivity index is 2.66. The van der Waals surface area contributed by atoms with Crippen LogP contribution in [0.3, 0.4) is 0 Å². The Hall–Kier alpha value is -0.540. The van der Waals surface area contributed by atoms with E-state index < -0.39 is 5.02 Å². The van der Waals surface area contributed by atoms with Gasteiger partial charge in [0.05, 0.1) is 0 Å². The van der Waals surface area contributed by atoms with Gasteiger partial charge < -0.3 is 4.74 Å². The van der Waals surface area contributed by atoms with Crippen molar-refractivity contribution in [1.29, 1.82) is 0 Å². The SMILES string of the molecule is Cc1cnc(OC(Cl)Cl)nc1. The molecular weight excluding hydrogens is 187 g/mol. The summed E-state index contributed by atoms with van der Waals surface area (Å²) in [6, 6.07) is 0.186. The van der Waals surface area contributed by atoms with Gasteiger partial charge in [0.1, 0.15) is 0 Å². The largest absolute Gasteiger partial charge is 0.429 e. The molecule has 5 heteroatoms. The number of aromatic nitrogens is 2.